The normalized spacial score (nSPS) is 19.8. The van der Waals surface area contributed by atoms with Crippen LogP contribution in [0.15, 0.2) is 30.5 Å². The molecular weight excluding hydrogens is 420 g/mol. The molecule has 1 aliphatic heterocycles. The molecule has 1 aliphatic rings. The fraction of sp³-hybridized carbons (Fsp3) is 0.300. The predicted octanol–water partition coefficient (Wildman–Crippen LogP) is 4.88. The van der Waals surface area contributed by atoms with Crippen molar-refractivity contribution < 1.29 is 0 Å². The molecule has 0 saturated carbocycles. The standard InChI is InChI=1S/C10H9Br3N2S/c1-5-4-14-10(16-5)15-9-7(12)2-6(11)3-8(9)13/h2-3,5H,4H2,1H3,(H,14,15). The van der Waals surface area contributed by atoms with Crippen molar-refractivity contribution in [3.8, 4) is 0 Å². The van der Waals surface area contributed by atoms with Crippen LogP contribution in [0, 0.1) is 0 Å². The Balaban J connectivity index is 2.22. The van der Waals surface area contributed by atoms with Gasteiger partial charge in [-0.2, -0.15) is 0 Å². The van der Waals surface area contributed by atoms with Gasteiger partial charge in [0.15, 0.2) is 5.17 Å². The third-order valence-electron chi connectivity index (χ3n) is 2.04. The molecule has 0 radical (unpaired) electrons. The zero-order valence-corrected chi connectivity index (χ0v) is 14.0. The summed E-state index contributed by atoms with van der Waals surface area (Å²) >= 11 is 12.3. The Labute approximate surface area is 124 Å². The van der Waals surface area contributed by atoms with E-state index in [-0.39, 0.29) is 0 Å². The summed E-state index contributed by atoms with van der Waals surface area (Å²) in [5.74, 6) is 0. The zero-order valence-electron chi connectivity index (χ0n) is 8.43. The van der Waals surface area contributed by atoms with E-state index in [1.807, 2.05) is 12.1 Å². The monoisotopic (exact) mass is 426 g/mol. The first-order chi connectivity index (χ1) is 7.56. The first kappa shape index (κ1) is 12.9. The van der Waals surface area contributed by atoms with E-state index in [2.05, 4.69) is 65.0 Å². The van der Waals surface area contributed by atoms with Crippen molar-refractivity contribution >= 4 is 70.4 Å². The zero-order chi connectivity index (χ0) is 11.7. The lowest BCUT2D eigenvalue weighted by Crippen LogP contribution is -2.07. The molecule has 0 aromatic heterocycles. The summed E-state index contributed by atoms with van der Waals surface area (Å²) in [7, 11) is 0. The summed E-state index contributed by atoms with van der Waals surface area (Å²) in [6, 6.07) is 4.02. The van der Waals surface area contributed by atoms with Gasteiger partial charge in [-0.3, -0.25) is 4.99 Å². The maximum Gasteiger partial charge on any atom is 0.161 e. The van der Waals surface area contributed by atoms with E-state index in [1.54, 1.807) is 11.8 Å². The summed E-state index contributed by atoms with van der Waals surface area (Å²) in [4.78, 5) is 4.43. The van der Waals surface area contributed by atoms with E-state index in [0.29, 0.717) is 5.25 Å². The second-order valence-corrected chi connectivity index (χ2v) is 7.50. The Morgan fingerprint density at radius 3 is 2.44 bits per heavy atom. The van der Waals surface area contributed by atoms with Gasteiger partial charge in [0.25, 0.3) is 0 Å². The largest absolute Gasteiger partial charge is 0.333 e. The quantitative estimate of drug-likeness (QED) is 0.689. The number of nitrogens with one attached hydrogen (secondary N) is 1. The highest BCUT2D eigenvalue weighted by atomic mass is 79.9. The molecule has 16 heavy (non-hydrogen) atoms. The molecule has 86 valence electrons. The summed E-state index contributed by atoms with van der Waals surface area (Å²) in [6.45, 7) is 3.06. The Bertz CT molecular complexity index is 425. The van der Waals surface area contributed by atoms with Crippen LogP contribution in [0.5, 0.6) is 0 Å². The topological polar surface area (TPSA) is 24.4 Å². The Kier molecular flexibility index (Phi) is 4.38. The molecule has 1 atom stereocenters. The van der Waals surface area contributed by atoms with Crippen molar-refractivity contribution in [2.75, 3.05) is 11.9 Å². The highest BCUT2D eigenvalue weighted by molar-refractivity contribution is 9.11. The molecule has 1 N–H and O–H groups in total. The summed E-state index contributed by atoms with van der Waals surface area (Å²) < 4.78 is 3.05. The molecule has 1 aromatic rings. The lowest BCUT2D eigenvalue weighted by atomic mass is 10.3. The maximum absolute atomic E-state index is 4.43. The van der Waals surface area contributed by atoms with Crippen molar-refractivity contribution in [1.82, 2.24) is 0 Å². The van der Waals surface area contributed by atoms with Gasteiger partial charge in [-0.05, 0) is 44.0 Å². The van der Waals surface area contributed by atoms with Crippen LogP contribution in [0.25, 0.3) is 0 Å². The number of hydrogen-bond acceptors (Lipinski definition) is 3. The van der Waals surface area contributed by atoms with Crippen LogP contribution in [0.2, 0.25) is 0 Å². The minimum Gasteiger partial charge on any atom is -0.333 e. The van der Waals surface area contributed by atoms with Crippen molar-refractivity contribution in [2.24, 2.45) is 4.99 Å². The number of benzene rings is 1. The van der Waals surface area contributed by atoms with Crippen LogP contribution in [0.4, 0.5) is 5.69 Å². The smallest absolute Gasteiger partial charge is 0.161 e. The lowest BCUT2D eigenvalue weighted by Gasteiger charge is -2.11. The maximum atomic E-state index is 4.43. The predicted molar refractivity (Wildman–Crippen MR) is 82.5 cm³/mol. The molecule has 0 saturated heterocycles. The van der Waals surface area contributed by atoms with Crippen LogP contribution in [0.3, 0.4) is 0 Å². The Morgan fingerprint density at radius 1 is 1.31 bits per heavy atom. The SMILES string of the molecule is CC1CN=C(Nc2c(Br)cc(Br)cc2Br)S1. The van der Waals surface area contributed by atoms with Crippen LogP contribution in [0.1, 0.15) is 6.92 Å². The molecule has 0 spiro atoms. The first-order valence-corrected chi connectivity index (χ1v) is 7.95. The molecule has 2 rings (SSSR count). The van der Waals surface area contributed by atoms with E-state index >= 15 is 0 Å². The highest BCUT2D eigenvalue weighted by Gasteiger charge is 2.17. The van der Waals surface area contributed by atoms with Gasteiger partial charge in [0, 0.05) is 18.7 Å². The molecule has 1 heterocycles. The minimum absolute atomic E-state index is 0.565. The van der Waals surface area contributed by atoms with Gasteiger partial charge in [-0.15, -0.1) is 0 Å². The second kappa shape index (κ2) is 5.42. The fourth-order valence-corrected chi connectivity index (χ4v) is 4.61. The molecule has 2 nitrogen and oxygen atoms in total. The van der Waals surface area contributed by atoms with Gasteiger partial charge < -0.3 is 5.32 Å². The fourth-order valence-electron chi connectivity index (χ4n) is 1.31. The average Bonchev–Trinajstić information content (AvgIpc) is 2.58. The number of rotatable bonds is 1. The molecule has 0 fully saturated rings. The number of thioether (sulfide) groups is 1. The van der Waals surface area contributed by atoms with E-state index in [4.69, 9.17) is 0 Å². The molecule has 1 aromatic carbocycles. The van der Waals surface area contributed by atoms with Crippen LogP contribution < -0.4 is 5.32 Å². The van der Waals surface area contributed by atoms with Crippen LogP contribution >= 0.6 is 59.6 Å². The van der Waals surface area contributed by atoms with Crippen molar-refractivity contribution in [3.05, 3.63) is 25.6 Å². The van der Waals surface area contributed by atoms with Crippen molar-refractivity contribution in [1.29, 1.82) is 0 Å². The molecule has 0 aliphatic carbocycles. The average molecular weight is 429 g/mol. The number of hydrogen-bond donors (Lipinski definition) is 1. The number of halogens is 3. The number of nitrogens with zero attached hydrogens (tertiary/aromatic N) is 1. The van der Waals surface area contributed by atoms with Gasteiger partial charge in [0.1, 0.15) is 0 Å². The Hall–Kier alpha value is 0.480. The molecular formula is C10H9Br3N2S. The summed E-state index contributed by atoms with van der Waals surface area (Å²) in [5, 5.41) is 4.88. The number of amidine groups is 1. The Morgan fingerprint density at radius 2 is 1.94 bits per heavy atom. The number of aliphatic imine (C=N–C) groups is 1. The molecule has 1 unspecified atom stereocenters. The van der Waals surface area contributed by atoms with E-state index < -0.39 is 0 Å². The van der Waals surface area contributed by atoms with Gasteiger partial charge in [-0.25, -0.2) is 0 Å². The molecule has 6 heteroatoms. The van der Waals surface area contributed by atoms with Crippen molar-refractivity contribution in [2.45, 2.75) is 12.2 Å². The van der Waals surface area contributed by atoms with Crippen LogP contribution in [-0.2, 0) is 0 Å². The van der Waals surface area contributed by atoms with E-state index in [0.717, 1.165) is 30.8 Å². The molecule has 0 bridgehead atoms. The third kappa shape index (κ3) is 3.03. The third-order valence-corrected chi connectivity index (χ3v) is 4.76. The van der Waals surface area contributed by atoms with Crippen LogP contribution in [-0.4, -0.2) is 17.0 Å². The van der Waals surface area contributed by atoms with Crippen molar-refractivity contribution in [3.63, 3.8) is 0 Å². The van der Waals surface area contributed by atoms with Gasteiger partial charge in [0.05, 0.1) is 12.2 Å². The minimum atomic E-state index is 0.565. The van der Waals surface area contributed by atoms with E-state index in [1.165, 1.54) is 0 Å². The summed E-state index contributed by atoms with van der Waals surface area (Å²) in [5.41, 5.74) is 1.02. The second-order valence-electron chi connectivity index (χ2n) is 3.44. The van der Waals surface area contributed by atoms with Gasteiger partial charge in [-0.1, -0.05) is 34.6 Å². The number of anilines is 1. The summed E-state index contributed by atoms with van der Waals surface area (Å²) in [6.07, 6.45) is 0. The van der Waals surface area contributed by atoms with Gasteiger partial charge >= 0.3 is 0 Å². The van der Waals surface area contributed by atoms with E-state index in [9.17, 15) is 0 Å². The van der Waals surface area contributed by atoms with Gasteiger partial charge in [0.2, 0.25) is 0 Å². The molecule has 0 amide bonds. The first-order valence-electron chi connectivity index (χ1n) is 4.69. The highest BCUT2D eigenvalue weighted by Crippen LogP contribution is 2.35. The lowest BCUT2D eigenvalue weighted by molar-refractivity contribution is 0.976.